The van der Waals surface area contributed by atoms with Crippen LogP contribution in [0.25, 0.3) is 11.6 Å². The quantitative estimate of drug-likeness (QED) is 0.393. The van der Waals surface area contributed by atoms with Crippen LogP contribution >= 0.6 is 0 Å². The highest BCUT2D eigenvalue weighted by Crippen LogP contribution is 2.13. The summed E-state index contributed by atoms with van der Waals surface area (Å²) in [5, 5.41) is 7.47. The average Bonchev–Trinajstić information content (AvgIpc) is 3.34. The number of para-hydroxylation sites is 1. The van der Waals surface area contributed by atoms with Crippen LogP contribution in [0.2, 0.25) is 0 Å². The van der Waals surface area contributed by atoms with Gasteiger partial charge in [-0.3, -0.25) is 14.9 Å². The molecule has 1 aliphatic rings. The summed E-state index contributed by atoms with van der Waals surface area (Å²) in [6.45, 7) is 8.97. The fourth-order valence-corrected chi connectivity index (χ4v) is 3.63. The van der Waals surface area contributed by atoms with Gasteiger partial charge in [0.2, 0.25) is 0 Å². The number of pyridine rings is 1. The van der Waals surface area contributed by atoms with Crippen LogP contribution in [0.15, 0.2) is 64.2 Å². The Labute approximate surface area is 194 Å². The summed E-state index contributed by atoms with van der Waals surface area (Å²) in [6, 6.07) is 15.6. The number of nitrogens with zero attached hydrogens (tertiary/aromatic N) is 6. The summed E-state index contributed by atoms with van der Waals surface area (Å²) in [6.07, 6.45) is 2.32. The molecule has 0 amide bonds. The molecule has 9 nitrogen and oxygen atoms in total. The Hall–Kier alpha value is -3.46. The number of aliphatic imine (C=N–C) groups is 1. The zero-order chi connectivity index (χ0) is 22.7. The molecule has 4 rings (SSSR count). The Morgan fingerprint density at radius 2 is 1.91 bits per heavy atom. The van der Waals surface area contributed by atoms with Gasteiger partial charge in [0, 0.05) is 58.4 Å². The van der Waals surface area contributed by atoms with E-state index in [4.69, 9.17) is 14.3 Å². The molecule has 9 heteroatoms. The number of rotatable bonds is 9. The van der Waals surface area contributed by atoms with Gasteiger partial charge in [-0.05, 0) is 31.2 Å². The molecule has 3 heterocycles. The van der Waals surface area contributed by atoms with Crippen molar-refractivity contribution in [3.8, 4) is 17.3 Å². The van der Waals surface area contributed by atoms with Crippen LogP contribution in [0.5, 0.6) is 5.75 Å². The third-order valence-corrected chi connectivity index (χ3v) is 5.38. The highest BCUT2D eigenvalue weighted by atomic mass is 16.5. The first-order valence-corrected chi connectivity index (χ1v) is 11.5. The molecule has 1 aromatic carbocycles. The minimum atomic E-state index is 0.439. The summed E-state index contributed by atoms with van der Waals surface area (Å²) in [5.41, 5.74) is 0.681. The molecule has 1 aliphatic heterocycles. The van der Waals surface area contributed by atoms with Crippen LogP contribution in [0, 0.1) is 0 Å². The molecule has 0 spiro atoms. The van der Waals surface area contributed by atoms with Crippen LogP contribution < -0.4 is 10.1 Å². The second-order valence-corrected chi connectivity index (χ2v) is 7.71. The summed E-state index contributed by atoms with van der Waals surface area (Å²) < 4.78 is 11.2. The third-order valence-electron chi connectivity index (χ3n) is 5.38. The van der Waals surface area contributed by atoms with Gasteiger partial charge >= 0.3 is 0 Å². The predicted molar refractivity (Wildman–Crippen MR) is 127 cm³/mol. The second-order valence-electron chi connectivity index (χ2n) is 7.71. The topological polar surface area (TPSA) is 91.9 Å². The van der Waals surface area contributed by atoms with Gasteiger partial charge in [-0.1, -0.05) is 29.4 Å². The Bertz CT molecular complexity index is 986. The van der Waals surface area contributed by atoms with E-state index in [-0.39, 0.29) is 0 Å². The predicted octanol–water partition coefficient (Wildman–Crippen LogP) is 2.34. The maximum atomic E-state index is 5.83. The molecule has 0 saturated carbocycles. The zero-order valence-corrected chi connectivity index (χ0v) is 19.1. The first-order valence-electron chi connectivity index (χ1n) is 11.5. The SMILES string of the molecule is CCNC(=NCCc1noc(-c2ccccn2)n1)N1CCN(CCOc2ccccc2)CC1. The molecule has 0 radical (unpaired) electrons. The molecule has 174 valence electrons. The van der Waals surface area contributed by atoms with E-state index in [0.29, 0.717) is 37.0 Å². The number of aromatic nitrogens is 3. The third kappa shape index (κ3) is 6.76. The highest BCUT2D eigenvalue weighted by molar-refractivity contribution is 5.80. The second kappa shape index (κ2) is 12.0. The Kier molecular flexibility index (Phi) is 8.24. The van der Waals surface area contributed by atoms with Gasteiger partial charge in [-0.2, -0.15) is 4.98 Å². The molecule has 0 unspecified atom stereocenters. The molecule has 0 atom stereocenters. The Balaban J connectivity index is 1.22. The lowest BCUT2D eigenvalue weighted by Crippen LogP contribution is -2.53. The maximum absolute atomic E-state index is 5.83. The van der Waals surface area contributed by atoms with Gasteiger partial charge < -0.3 is 19.5 Å². The van der Waals surface area contributed by atoms with Gasteiger partial charge in [0.15, 0.2) is 11.8 Å². The van der Waals surface area contributed by atoms with E-state index in [2.05, 4.69) is 37.2 Å². The van der Waals surface area contributed by atoms with Crippen LogP contribution in [0.3, 0.4) is 0 Å². The summed E-state index contributed by atoms with van der Waals surface area (Å²) in [7, 11) is 0. The largest absolute Gasteiger partial charge is 0.492 e. The van der Waals surface area contributed by atoms with Crippen LogP contribution in [0.1, 0.15) is 12.7 Å². The van der Waals surface area contributed by atoms with E-state index in [9.17, 15) is 0 Å². The minimum Gasteiger partial charge on any atom is -0.492 e. The van der Waals surface area contributed by atoms with Crippen molar-refractivity contribution in [2.75, 3.05) is 52.4 Å². The number of piperazine rings is 1. The first-order chi connectivity index (χ1) is 16.3. The lowest BCUT2D eigenvalue weighted by Gasteiger charge is -2.36. The molecule has 2 aromatic heterocycles. The Morgan fingerprint density at radius 3 is 2.67 bits per heavy atom. The summed E-state index contributed by atoms with van der Waals surface area (Å²) in [4.78, 5) is 18.2. The van der Waals surface area contributed by atoms with Crippen LogP contribution in [-0.4, -0.2) is 83.3 Å². The van der Waals surface area contributed by atoms with E-state index in [0.717, 1.165) is 51.0 Å². The lowest BCUT2D eigenvalue weighted by atomic mass is 10.3. The van der Waals surface area contributed by atoms with E-state index >= 15 is 0 Å². The van der Waals surface area contributed by atoms with Gasteiger partial charge in [0.05, 0.1) is 0 Å². The molecule has 0 aliphatic carbocycles. The van der Waals surface area contributed by atoms with Crippen molar-refractivity contribution in [1.29, 1.82) is 0 Å². The fourth-order valence-electron chi connectivity index (χ4n) is 3.63. The number of hydrogen-bond acceptors (Lipinski definition) is 7. The van der Waals surface area contributed by atoms with Crippen molar-refractivity contribution in [2.45, 2.75) is 13.3 Å². The van der Waals surface area contributed by atoms with Crippen molar-refractivity contribution >= 4 is 5.96 Å². The number of guanidine groups is 1. The molecular weight excluding hydrogens is 418 g/mol. The standard InChI is InChI=1S/C24H31N7O2/c1-2-25-24(27-13-11-22-28-23(33-29-22)21-10-6-7-12-26-21)31-16-14-30(15-17-31)18-19-32-20-8-4-3-5-9-20/h3-10,12H,2,11,13-19H2,1H3,(H,25,27). The number of hydrogen-bond donors (Lipinski definition) is 1. The van der Waals surface area contributed by atoms with Gasteiger partial charge in [-0.25, -0.2) is 0 Å². The number of nitrogens with one attached hydrogen (secondary N) is 1. The van der Waals surface area contributed by atoms with Crippen molar-refractivity contribution in [3.63, 3.8) is 0 Å². The van der Waals surface area contributed by atoms with E-state index in [1.165, 1.54) is 0 Å². The van der Waals surface area contributed by atoms with E-state index in [1.807, 2.05) is 48.5 Å². The molecular formula is C24H31N7O2. The van der Waals surface area contributed by atoms with Crippen molar-refractivity contribution < 1.29 is 9.26 Å². The average molecular weight is 450 g/mol. The maximum Gasteiger partial charge on any atom is 0.276 e. The highest BCUT2D eigenvalue weighted by Gasteiger charge is 2.19. The lowest BCUT2D eigenvalue weighted by molar-refractivity contribution is 0.152. The Morgan fingerprint density at radius 1 is 1.09 bits per heavy atom. The van der Waals surface area contributed by atoms with Crippen molar-refractivity contribution in [3.05, 3.63) is 60.6 Å². The zero-order valence-electron chi connectivity index (χ0n) is 19.1. The van der Waals surface area contributed by atoms with E-state index in [1.54, 1.807) is 6.20 Å². The molecule has 1 saturated heterocycles. The molecule has 3 aromatic rings. The molecule has 1 fully saturated rings. The molecule has 0 bridgehead atoms. The fraction of sp³-hybridized carbons (Fsp3) is 0.417. The number of ether oxygens (including phenoxy) is 1. The van der Waals surface area contributed by atoms with Gasteiger partial charge in [0.25, 0.3) is 5.89 Å². The van der Waals surface area contributed by atoms with Crippen LogP contribution in [-0.2, 0) is 6.42 Å². The summed E-state index contributed by atoms with van der Waals surface area (Å²) >= 11 is 0. The van der Waals surface area contributed by atoms with Crippen molar-refractivity contribution in [1.82, 2.24) is 30.2 Å². The molecule has 1 N–H and O–H groups in total. The summed E-state index contributed by atoms with van der Waals surface area (Å²) in [5.74, 6) is 2.94. The monoisotopic (exact) mass is 449 g/mol. The van der Waals surface area contributed by atoms with Crippen molar-refractivity contribution in [2.24, 2.45) is 4.99 Å². The van der Waals surface area contributed by atoms with Gasteiger partial charge in [-0.15, -0.1) is 0 Å². The first kappa shape index (κ1) is 22.7. The van der Waals surface area contributed by atoms with Crippen LogP contribution in [0.4, 0.5) is 0 Å². The molecule has 33 heavy (non-hydrogen) atoms. The normalized spacial score (nSPS) is 14.9. The van der Waals surface area contributed by atoms with E-state index < -0.39 is 0 Å². The smallest absolute Gasteiger partial charge is 0.276 e. The number of benzene rings is 1. The van der Waals surface area contributed by atoms with Gasteiger partial charge in [0.1, 0.15) is 18.1 Å². The minimum absolute atomic E-state index is 0.439.